The van der Waals surface area contributed by atoms with Crippen LogP contribution < -0.4 is 16.2 Å². The van der Waals surface area contributed by atoms with Gasteiger partial charge >= 0.3 is 0 Å². The minimum absolute atomic E-state index is 0.261. The summed E-state index contributed by atoms with van der Waals surface area (Å²) in [6, 6.07) is 22.8. The van der Waals surface area contributed by atoms with Gasteiger partial charge in [0.15, 0.2) is 11.5 Å². The molecule has 38 heavy (non-hydrogen) atoms. The van der Waals surface area contributed by atoms with Crippen molar-refractivity contribution in [3.8, 4) is 28.3 Å². The lowest BCUT2D eigenvalue weighted by Crippen LogP contribution is -2.43. The van der Waals surface area contributed by atoms with Crippen molar-refractivity contribution >= 4 is 32.7 Å². The molecule has 0 unspecified atom stereocenters. The lowest BCUT2D eigenvalue weighted by molar-refractivity contribution is 0.253. The highest BCUT2D eigenvalue weighted by molar-refractivity contribution is 7.92. The molecule has 0 radical (unpaired) electrons. The third-order valence-electron chi connectivity index (χ3n) is 6.99. The molecule has 3 aromatic heterocycles. The molecule has 2 aromatic carbocycles. The van der Waals surface area contributed by atoms with Crippen LogP contribution in [0.15, 0.2) is 79.0 Å². The second-order valence-corrected chi connectivity index (χ2v) is 11.5. The molecule has 5 aromatic rings. The molecule has 1 aliphatic carbocycles. The fourth-order valence-electron chi connectivity index (χ4n) is 4.89. The zero-order chi connectivity index (χ0) is 26.5. The number of hydrogen-bond donors (Lipinski definition) is 3. The van der Waals surface area contributed by atoms with Crippen molar-refractivity contribution in [3.63, 3.8) is 0 Å². The van der Waals surface area contributed by atoms with Gasteiger partial charge in [0.05, 0.1) is 17.5 Å². The van der Waals surface area contributed by atoms with E-state index in [1.807, 2.05) is 47.0 Å². The first-order chi connectivity index (χ1) is 18.2. The normalized spacial score (nSPS) is 14.8. The Hall–Kier alpha value is -4.28. The largest absolute Gasteiger partial charge is 0.383 e. The van der Waals surface area contributed by atoms with Gasteiger partial charge in [0, 0.05) is 28.7 Å². The number of benzene rings is 2. The first-order valence-corrected chi connectivity index (χ1v) is 14.2. The molecule has 0 amide bonds. The molecule has 9 nitrogen and oxygen atoms in total. The number of fused-ring (bicyclic) bond motifs is 1. The fourth-order valence-corrected chi connectivity index (χ4v) is 5.45. The van der Waals surface area contributed by atoms with E-state index in [0.29, 0.717) is 39.8 Å². The van der Waals surface area contributed by atoms with E-state index in [0.717, 1.165) is 42.3 Å². The van der Waals surface area contributed by atoms with Crippen molar-refractivity contribution in [3.05, 3.63) is 84.6 Å². The number of imidazole rings is 1. The summed E-state index contributed by atoms with van der Waals surface area (Å²) in [5.41, 5.74) is 18.5. The van der Waals surface area contributed by atoms with E-state index in [9.17, 15) is 8.42 Å². The highest BCUT2D eigenvalue weighted by Gasteiger charge is 2.34. The molecule has 1 fully saturated rings. The lowest BCUT2D eigenvalue weighted by Gasteiger charge is -2.38. The van der Waals surface area contributed by atoms with E-state index in [2.05, 4.69) is 21.8 Å². The van der Waals surface area contributed by atoms with Crippen LogP contribution in [0.2, 0.25) is 0 Å². The van der Waals surface area contributed by atoms with Gasteiger partial charge in [-0.3, -0.25) is 9.29 Å². The maximum atomic E-state index is 11.7. The van der Waals surface area contributed by atoms with Gasteiger partial charge in [0.1, 0.15) is 11.3 Å². The van der Waals surface area contributed by atoms with Crippen LogP contribution in [0.25, 0.3) is 39.5 Å². The molecule has 0 aliphatic heterocycles. The number of hydrogen-bond acceptors (Lipinski definition) is 7. The Kier molecular flexibility index (Phi) is 5.66. The average Bonchev–Trinajstić information content (AvgIpc) is 3.25. The molecule has 10 heteroatoms. The molecule has 0 bridgehead atoms. The molecule has 0 spiro atoms. The predicted molar refractivity (Wildman–Crippen MR) is 150 cm³/mol. The van der Waals surface area contributed by atoms with Crippen LogP contribution >= 0.6 is 0 Å². The van der Waals surface area contributed by atoms with Gasteiger partial charge in [-0.15, -0.1) is 0 Å². The van der Waals surface area contributed by atoms with E-state index in [4.69, 9.17) is 21.4 Å². The number of nitrogens with one attached hydrogen (secondary N) is 1. The summed E-state index contributed by atoms with van der Waals surface area (Å²) in [5.74, 6) is 0.998. The van der Waals surface area contributed by atoms with Crippen molar-refractivity contribution in [2.75, 3.05) is 16.7 Å². The number of nitrogens with two attached hydrogens (primary N) is 2. The smallest absolute Gasteiger partial charge is 0.229 e. The van der Waals surface area contributed by atoms with Crippen LogP contribution in [0.3, 0.4) is 0 Å². The fraction of sp³-hybridized carbons (Fsp3) is 0.179. The van der Waals surface area contributed by atoms with E-state index < -0.39 is 10.0 Å². The lowest BCUT2D eigenvalue weighted by atomic mass is 9.73. The van der Waals surface area contributed by atoms with E-state index in [1.54, 1.807) is 24.4 Å². The summed E-state index contributed by atoms with van der Waals surface area (Å²) in [7, 11) is -3.41. The Morgan fingerprint density at radius 1 is 0.974 bits per heavy atom. The third-order valence-corrected chi connectivity index (χ3v) is 7.60. The number of aromatic nitrogens is 4. The molecule has 1 aliphatic rings. The highest BCUT2D eigenvalue weighted by atomic mass is 32.2. The Morgan fingerprint density at radius 3 is 2.45 bits per heavy atom. The first kappa shape index (κ1) is 24.1. The number of anilines is 2. The van der Waals surface area contributed by atoms with Gasteiger partial charge in [-0.1, -0.05) is 24.3 Å². The van der Waals surface area contributed by atoms with Crippen LogP contribution in [0.1, 0.15) is 24.8 Å². The quantitative estimate of drug-likeness (QED) is 0.297. The zero-order valence-electron chi connectivity index (χ0n) is 20.8. The van der Waals surface area contributed by atoms with Crippen LogP contribution in [0, 0.1) is 0 Å². The number of pyridine rings is 2. The summed E-state index contributed by atoms with van der Waals surface area (Å²) in [5, 5.41) is 0. The Balaban J connectivity index is 1.52. The standard InChI is InChI=1S/C28H27N7O2S/c1-38(36,37)34-20-6-2-5-18(17-20)23-12-13-24-27(32-23)35(26(33-24)22-7-3-16-31-25(22)29)21-10-8-19(9-11-21)28(30)14-4-15-28/h2-3,5-13,16-17,34H,4,14-15,30H2,1H3,(H2,29,31). The summed E-state index contributed by atoms with van der Waals surface area (Å²) in [4.78, 5) is 14.1. The molecule has 6 rings (SSSR count). The number of nitrogen functional groups attached to an aromatic ring is 1. The molecule has 0 saturated heterocycles. The van der Waals surface area contributed by atoms with E-state index in [1.165, 1.54) is 0 Å². The Labute approximate surface area is 220 Å². The van der Waals surface area contributed by atoms with Crippen molar-refractivity contribution in [1.29, 1.82) is 0 Å². The molecule has 192 valence electrons. The van der Waals surface area contributed by atoms with E-state index >= 15 is 0 Å². The van der Waals surface area contributed by atoms with Crippen molar-refractivity contribution < 1.29 is 8.42 Å². The predicted octanol–water partition coefficient (Wildman–Crippen LogP) is 4.44. The second-order valence-electron chi connectivity index (χ2n) is 9.76. The molecular formula is C28H27N7O2S. The maximum absolute atomic E-state index is 11.7. The van der Waals surface area contributed by atoms with Gasteiger partial charge in [0.25, 0.3) is 0 Å². The summed E-state index contributed by atoms with van der Waals surface area (Å²) < 4.78 is 28.0. The van der Waals surface area contributed by atoms with E-state index in [-0.39, 0.29) is 5.54 Å². The van der Waals surface area contributed by atoms with Gasteiger partial charge < -0.3 is 11.5 Å². The third kappa shape index (κ3) is 4.37. The summed E-state index contributed by atoms with van der Waals surface area (Å²) in [6.07, 6.45) is 5.87. The highest BCUT2D eigenvalue weighted by Crippen LogP contribution is 2.39. The molecule has 3 heterocycles. The van der Waals surface area contributed by atoms with Crippen LogP contribution in [0.5, 0.6) is 0 Å². The van der Waals surface area contributed by atoms with Gasteiger partial charge in [0.2, 0.25) is 10.0 Å². The Morgan fingerprint density at radius 2 is 1.76 bits per heavy atom. The van der Waals surface area contributed by atoms with Crippen molar-refractivity contribution in [1.82, 2.24) is 19.5 Å². The summed E-state index contributed by atoms with van der Waals surface area (Å²) >= 11 is 0. The second kappa shape index (κ2) is 8.93. The zero-order valence-corrected chi connectivity index (χ0v) is 21.6. The molecule has 5 N–H and O–H groups in total. The summed E-state index contributed by atoms with van der Waals surface area (Å²) in [6.45, 7) is 0. The van der Waals surface area contributed by atoms with Crippen molar-refractivity contribution in [2.45, 2.75) is 24.8 Å². The van der Waals surface area contributed by atoms with Gasteiger partial charge in [-0.2, -0.15) is 0 Å². The first-order valence-electron chi connectivity index (χ1n) is 12.3. The van der Waals surface area contributed by atoms with Crippen LogP contribution in [-0.2, 0) is 15.6 Å². The van der Waals surface area contributed by atoms with Gasteiger partial charge in [-0.05, 0) is 73.4 Å². The molecular weight excluding hydrogens is 498 g/mol. The average molecular weight is 526 g/mol. The van der Waals surface area contributed by atoms with Crippen molar-refractivity contribution in [2.24, 2.45) is 5.73 Å². The minimum Gasteiger partial charge on any atom is -0.383 e. The minimum atomic E-state index is -3.41. The topological polar surface area (TPSA) is 142 Å². The number of rotatable bonds is 6. The maximum Gasteiger partial charge on any atom is 0.229 e. The SMILES string of the molecule is CS(=O)(=O)Nc1cccc(-c2ccc3nc(-c4cccnc4N)n(-c4ccc(C5(N)CCC5)cc4)c3n2)c1. The molecule has 0 atom stereocenters. The monoisotopic (exact) mass is 525 g/mol. The van der Waals surface area contributed by atoms with Crippen LogP contribution in [0.4, 0.5) is 11.5 Å². The van der Waals surface area contributed by atoms with Gasteiger partial charge in [-0.25, -0.2) is 23.4 Å². The Bertz CT molecular complexity index is 1780. The molecule has 1 saturated carbocycles. The number of sulfonamides is 1. The number of nitrogens with zero attached hydrogens (tertiary/aromatic N) is 4. The van der Waals surface area contributed by atoms with Crippen LogP contribution in [-0.4, -0.2) is 34.2 Å².